The topological polar surface area (TPSA) is 52.6 Å². The third-order valence-electron chi connectivity index (χ3n) is 2.67. The van der Waals surface area contributed by atoms with E-state index < -0.39 is 5.60 Å². The van der Waals surface area contributed by atoms with Gasteiger partial charge in [-0.15, -0.1) is 0 Å². The second kappa shape index (κ2) is 4.64. The molecule has 0 aromatic rings. The maximum absolute atomic E-state index is 11.2. The molecule has 1 aliphatic rings. The van der Waals surface area contributed by atoms with Gasteiger partial charge in [0.1, 0.15) is 5.60 Å². The van der Waals surface area contributed by atoms with Gasteiger partial charge in [0.25, 0.3) is 0 Å². The third-order valence-corrected chi connectivity index (χ3v) is 2.67. The Morgan fingerprint density at radius 2 is 2.33 bits per heavy atom. The van der Waals surface area contributed by atoms with Crippen LogP contribution in [0.4, 0.5) is 0 Å². The SMILES string of the molecule is CCC(=O)OCCC1(C)CC(C)C(=O)O1. The van der Waals surface area contributed by atoms with Crippen molar-refractivity contribution >= 4 is 11.9 Å². The van der Waals surface area contributed by atoms with Crippen LogP contribution in [0.25, 0.3) is 0 Å². The predicted octanol–water partition coefficient (Wildman–Crippen LogP) is 1.67. The van der Waals surface area contributed by atoms with Gasteiger partial charge in [0, 0.05) is 19.3 Å². The molecular weight excluding hydrogens is 196 g/mol. The molecule has 2 atom stereocenters. The van der Waals surface area contributed by atoms with Gasteiger partial charge < -0.3 is 9.47 Å². The van der Waals surface area contributed by atoms with Crippen LogP contribution in [0.3, 0.4) is 0 Å². The van der Waals surface area contributed by atoms with Crippen molar-refractivity contribution < 1.29 is 19.1 Å². The minimum absolute atomic E-state index is 0.0446. The molecule has 86 valence electrons. The summed E-state index contributed by atoms with van der Waals surface area (Å²) in [5, 5.41) is 0. The van der Waals surface area contributed by atoms with Gasteiger partial charge in [-0.3, -0.25) is 9.59 Å². The summed E-state index contributed by atoms with van der Waals surface area (Å²) in [5.74, 6) is -0.410. The molecule has 4 heteroatoms. The monoisotopic (exact) mass is 214 g/mol. The lowest BCUT2D eigenvalue weighted by molar-refractivity contribution is -0.151. The highest BCUT2D eigenvalue weighted by atomic mass is 16.6. The highest BCUT2D eigenvalue weighted by Crippen LogP contribution is 2.33. The zero-order chi connectivity index (χ0) is 11.5. The fraction of sp³-hybridized carbons (Fsp3) is 0.818. The average molecular weight is 214 g/mol. The molecule has 0 N–H and O–H groups in total. The maximum Gasteiger partial charge on any atom is 0.309 e. The molecule has 1 saturated heterocycles. The molecule has 0 aliphatic carbocycles. The van der Waals surface area contributed by atoms with Crippen LogP contribution in [0.2, 0.25) is 0 Å². The third kappa shape index (κ3) is 3.22. The Morgan fingerprint density at radius 1 is 1.67 bits per heavy atom. The van der Waals surface area contributed by atoms with E-state index in [1.54, 1.807) is 6.92 Å². The zero-order valence-electron chi connectivity index (χ0n) is 9.54. The molecule has 0 spiro atoms. The second-order valence-corrected chi connectivity index (χ2v) is 4.30. The van der Waals surface area contributed by atoms with Gasteiger partial charge in [0.15, 0.2) is 0 Å². The minimum Gasteiger partial charge on any atom is -0.466 e. The largest absolute Gasteiger partial charge is 0.466 e. The normalized spacial score (nSPS) is 30.1. The molecule has 1 heterocycles. The molecular formula is C11H18O4. The van der Waals surface area contributed by atoms with Crippen LogP contribution < -0.4 is 0 Å². The van der Waals surface area contributed by atoms with E-state index in [2.05, 4.69) is 0 Å². The van der Waals surface area contributed by atoms with Gasteiger partial charge in [0.2, 0.25) is 0 Å². The number of carbonyl (C=O) groups excluding carboxylic acids is 2. The van der Waals surface area contributed by atoms with Gasteiger partial charge in [-0.1, -0.05) is 13.8 Å². The molecule has 1 fully saturated rings. The highest BCUT2D eigenvalue weighted by molar-refractivity contribution is 5.74. The zero-order valence-corrected chi connectivity index (χ0v) is 9.54. The standard InChI is InChI=1S/C11H18O4/c1-4-9(12)14-6-5-11(3)7-8(2)10(13)15-11/h8H,4-7H2,1-3H3. The summed E-state index contributed by atoms with van der Waals surface area (Å²) in [6, 6.07) is 0. The summed E-state index contributed by atoms with van der Waals surface area (Å²) in [5.41, 5.74) is -0.454. The fourth-order valence-corrected chi connectivity index (χ4v) is 1.75. The summed E-state index contributed by atoms with van der Waals surface area (Å²) < 4.78 is 10.2. The Balaban J connectivity index is 2.32. The number of cyclic esters (lactones) is 1. The lowest BCUT2D eigenvalue weighted by atomic mass is 9.94. The van der Waals surface area contributed by atoms with Crippen LogP contribution in [0, 0.1) is 5.92 Å². The van der Waals surface area contributed by atoms with Gasteiger partial charge >= 0.3 is 11.9 Å². The number of carbonyl (C=O) groups is 2. The van der Waals surface area contributed by atoms with E-state index in [1.807, 2.05) is 13.8 Å². The molecule has 1 rings (SSSR count). The Hall–Kier alpha value is -1.06. The Kier molecular flexibility index (Phi) is 3.72. The first kappa shape index (κ1) is 12.0. The predicted molar refractivity (Wildman–Crippen MR) is 54.1 cm³/mol. The van der Waals surface area contributed by atoms with E-state index in [9.17, 15) is 9.59 Å². The first-order chi connectivity index (χ1) is 6.97. The van der Waals surface area contributed by atoms with E-state index in [0.717, 1.165) is 0 Å². The maximum atomic E-state index is 11.2. The first-order valence-corrected chi connectivity index (χ1v) is 5.35. The number of hydrogen-bond donors (Lipinski definition) is 0. The molecule has 0 aromatic carbocycles. The summed E-state index contributed by atoms with van der Waals surface area (Å²) >= 11 is 0. The van der Waals surface area contributed by atoms with Crippen molar-refractivity contribution in [2.45, 2.75) is 45.6 Å². The molecule has 0 bridgehead atoms. The van der Waals surface area contributed by atoms with Crippen LogP contribution in [0.5, 0.6) is 0 Å². The average Bonchev–Trinajstić information content (AvgIpc) is 2.41. The van der Waals surface area contributed by atoms with E-state index in [4.69, 9.17) is 9.47 Å². The molecule has 0 saturated carbocycles. The van der Waals surface area contributed by atoms with Crippen molar-refractivity contribution in [1.82, 2.24) is 0 Å². The van der Waals surface area contributed by atoms with Crippen molar-refractivity contribution in [2.24, 2.45) is 5.92 Å². The summed E-state index contributed by atoms with van der Waals surface area (Å²) in [4.78, 5) is 22.1. The lowest BCUT2D eigenvalue weighted by Gasteiger charge is -2.21. The molecule has 0 amide bonds. The number of rotatable bonds is 4. The minimum atomic E-state index is -0.454. The van der Waals surface area contributed by atoms with E-state index in [-0.39, 0.29) is 17.9 Å². The Labute approximate surface area is 89.9 Å². The van der Waals surface area contributed by atoms with Crippen molar-refractivity contribution in [1.29, 1.82) is 0 Å². The van der Waals surface area contributed by atoms with Gasteiger partial charge in [-0.2, -0.15) is 0 Å². The fourth-order valence-electron chi connectivity index (χ4n) is 1.75. The summed E-state index contributed by atoms with van der Waals surface area (Å²) in [6.45, 7) is 5.81. The quantitative estimate of drug-likeness (QED) is 0.668. The lowest BCUT2D eigenvalue weighted by Crippen LogP contribution is -2.26. The first-order valence-electron chi connectivity index (χ1n) is 5.35. The summed E-state index contributed by atoms with van der Waals surface area (Å²) in [7, 11) is 0. The molecule has 2 unspecified atom stereocenters. The number of hydrogen-bond acceptors (Lipinski definition) is 4. The van der Waals surface area contributed by atoms with Crippen molar-refractivity contribution in [3.8, 4) is 0 Å². The van der Waals surface area contributed by atoms with Crippen LogP contribution in [-0.2, 0) is 19.1 Å². The summed E-state index contributed by atoms with van der Waals surface area (Å²) in [6.07, 6.45) is 1.66. The van der Waals surface area contributed by atoms with Crippen molar-refractivity contribution in [2.75, 3.05) is 6.61 Å². The van der Waals surface area contributed by atoms with Crippen molar-refractivity contribution in [3.05, 3.63) is 0 Å². The number of esters is 2. The van der Waals surface area contributed by atoms with Crippen LogP contribution in [0.15, 0.2) is 0 Å². The molecule has 15 heavy (non-hydrogen) atoms. The van der Waals surface area contributed by atoms with E-state index >= 15 is 0 Å². The van der Waals surface area contributed by atoms with E-state index in [0.29, 0.717) is 25.9 Å². The van der Waals surface area contributed by atoms with Gasteiger partial charge in [-0.25, -0.2) is 0 Å². The second-order valence-electron chi connectivity index (χ2n) is 4.30. The molecule has 4 nitrogen and oxygen atoms in total. The molecule has 0 aromatic heterocycles. The van der Waals surface area contributed by atoms with E-state index in [1.165, 1.54) is 0 Å². The van der Waals surface area contributed by atoms with Crippen LogP contribution in [0.1, 0.15) is 40.0 Å². The van der Waals surface area contributed by atoms with Crippen LogP contribution >= 0.6 is 0 Å². The highest BCUT2D eigenvalue weighted by Gasteiger charge is 2.40. The molecule has 1 aliphatic heterocycles. The Morgan fingerprint density at radius 3 is 2.80 bits per heavy atom. The Bertz CT molecular complexity index is 261. The van der Waals surface area contributed by atoms with Crippen LogP contribution in [-0.4, -0.2) is 24.1 Å². The molecule has 0 radical (unpaired) electrons. The van der Waals surface area contributed by atoms with Crippen molar-refractivity contribution in [3.63, 3.8) is 0 Å². The van der Waals surface area contributed by atoms with Gasteiger partial charge in [0.05, 0.1) is 12.5 Å². The smallest absolute Gasteiger partial charge is 0.309 e. The number of ether oxygens (including phenoxy) is 2. The van der Waals surface area contributed by atoms with Gasteiger partial charge in [-0.05, 0) is 6.92 Å².